The van der Waals surface area contributed by atoms with Gasteiger partial charge in [0.25, 0.3) is 5.91 Å². The fraction of sp³-hybridized carbons (Fsp3) is 0.538. The van der Waals surface area contributed by atoms with E-state index in [4.69, 9.17) is 0 Å². The van der Waals surface area contributed by atoms with Crippen molar-refractivity contribution >= 4 is 17.2 Å². The highest BCUT2D eigenvalue weighted by molar-refractivity contribution is 7.11. The lowest BCUT2D eigenvalue weighted by Crippen LogP contribution is -2.39. The minimum atomic E-state index is 0.126. The molecular weight excluding hydrogens is 274 g/mol. The van der Waals surface area contributed by atoms with Crippen molar-refractivity contribution in [3.63, 3.8) is 0 Å². The SMILES string of the molecule is CCc1ncsc1C(=O)N1CCC(n2ccnn2)CC1. The van der Waals surface area contributed by atoms with E-state index in [0.717, 1.165) is 42.9 Å². The first kappa shape index (κ1) is 13.2. The number of aryl methyl sites for hydroxylation is 1. The average molecular weight is 291 g/mol. The van der Waals surface area contributed by atoms with Gasteiger partial charge in [0.1, 0.15) is 4.88 Å². The van der Waals surface area contributed by atoms with Crippen LogP contribution in [-0.2, 0) is 6.42 Å². The molecule has 1 saturated heterocycles. The van der Waals surface area contributed by atoms with Gasteiger partial charge in [-0.3, -0.25) is 4.79 Å². The molecule has 3 heterocycles. The summed E-state index contributed by atoms with van der Waals surface area (Å²) in [6, 6.07) is 0.355. The first-order valence-electron chi connectivity index (χ1n) is 6.87. The van der Waals surface area contributed by atoms with Gasteiger partial charge in [-0.15, -0.1) is 16.4 Å². The molecule has 6 nitrogen and oxygen atoms in total. The molecule has 106 valence electrons. The normalized spacial score (nSPS) is 16.6. The van der Waals surface area contributed by atoms with Gasteiger partial charge in [-0.25, -0.2) is 9.67 Å². The molecule has 0 N–H and O–H groups in total. The Bertz CT molecular complexity index is 571. The van der Waals surface area contributed by atoms with Crippen LogP contribution in [0, 0.1) is 0 Å². The van der Waals surface area contributed by atoms with Crippen LogP contribution in [-0.4, -0.2) is 43.9 Å². The fourth-order valence-corrected chi connectivity index (χ4v) is 3.43. The van der Waals surface area contributed by atoms with E-state index in [1.54, 1.807) is 11.7 Å². The second kappa shape index (κ2) is 5.70. The number of carbonyl (C=O) groups excluding carboxylic acids is 1. The number of carbonyl (C=O) groups is 1. The molecule has 2 aromatic rings. The summed E-state index contributed by atoms with van der Waals surface area (Å²) < 4.78 is 1.89. The predicted octanol–water partition coefficient (Wildman–Crippen LogP) is 1.77. The summed E-state index contributed by atoms with van der Waals surface area (Å²) in [6.45, 7) is 3.57. The van der Waals surface area contributed by atoms with Crippen LogP contribution in [0.5, 0.6) is 0 Å². The summed E-state index contributed by atoms with van der Waals surface area (Å²) in [7, 11) is 0. The second-order valence-corrected chi connectivity index (χ2v) is 5.74. The number of likely N-dealkylation sites (tertiary alicyclic amines) is 1. The van der Waals surface area contributed by atoms with Gasteiger partial charge >= 0.3 is 0 Å². The van der Waals surface area contributed by atoms with Gasteiger partial charge in [-0.1, -0.05) is 12.1 Å². The molecule has 1 amide bonds. The van der Waals surface area contributed by atoms with Crippen LogP contribution in [0.1, 0.15) is 41.2 Å². The van der Waals surface area contributed by atoms with Gasteiger partial charge < -0.3 is 4.90 Å². The Labute approximate surface area is 121 Å². The molecule has 0 spiro atoms. The first-order valence-corrected chi connectivity index (χ1v) is 7.75. The highest BCUT2D eigenvalue weighted by atomic mass is 32.1. The Morgan fingerprint density at radius 2 is 2.25 bits per heavy atom. The van der Waals surface area contributed by atoms with Crippen LogP contribution < -0.4 is 0 Å². The van der Waals surface area contributed by atoms with Crippen molar-refractivity contribution in [2.75, 3.05) is 13.1 Å². The van der Waals surface area contributed by atoms with E-state index >= 15 is 0 Å². The van der Waals surface area contributed by atoms with Crippen LogP contribution in [0.15, 0.2) is 17.9 Å². The third-order valence-electron chi connectivity index (χ3n) is 3.74. The number of piperidine rings is 1. The molecule has 1 aliphatic rings. The lowest BCUT2D eigenvalue weighted by atomic mass is 10.0. The number of aromatic nitrogens is 4. The second-order valence-electron chi connectivity index (χ2n) is 4.89. The van der Waals surface area contributed by atoms with E-state index < -0.39 is 0 Å². The van der Waals surface area contributed by atoms with Crippen LogP contribution in [0.2, 0.25) is 0 Å². The minimum absolute atomic E-state index is 0.126. The smallest absolute Gasteiger partial charge is 0.265 e. The van der Waals surface area contributed by atoms with Gasteiger partial charge in [0.15, 0.2) is 0 Å². The lowest BCUT2D eigenvalue weighted by Gasteiger charge is -2.31. The highest BCUT2D eigenvalue weighted by Gasteiger charge is 2.26. The van der Waals surface area contributed by atoms with Crippen LogP contribution in [0.25, 0.3) is 0 Å². The number of hydrogen-bond donors (Lipinski definition) is 0. The molecule has 0 radical (unpaired) electrons. The molecule has 3 rings (SSSR count). The van der Waals surface area contributed by atoms with E-state index in [1.807, 2.05) is 22.7 Å². The van der Waals surface area contributed by atoms with E-state index in [2.05, 4.69) is 15.3 Å². The van der Waals surface area contributed by atoms with Gasteiger partial charge in [0.05, 0.1) is 23.4 Å². The van der Waals surface area contributed by atoms with Crippen molar-refractivity contribution in [1.82, 2.24) is 24.9 Å². The zero-order valence-electron chi connectivity index (χ0n) is 11.4. The number of rotatable bonds is 3. The third-order valence-corrected chi connectivity index (χ3v) is 4.59. The summed E-state index contributed by atoms with van der Waals surface area (Å²) in [6.07, 6.45) is 6.24. The molecule has 1 aliphatic heterocycles. The molecule has 1 fully saturated rings. The van der Waals surface area contributed by atoms with Gasteiger partial charge in [0, 0.05) is 19.3 Å². The maximum absolute atomic E-state index is 12.5. The first-order chi connectivity index (χ1) is 9.79. The zero-order valence-corrected chi connectivity index (χ0v) is 12.2. The Hall–Kier alpha value is -1.76. The molecule has 0 aromatic carbocycles. The van der Waals surface area contributed by atoms with Crippen molar-refractivity contribution in [2.24, 2.45) is 0 Å². The van der Waals surface area contributed by atoms with E-state index in [1.165, 1.54) is 11.3 Å². The topological polar surface area (TPSA) is 63.9 Å². The molecule has 0 unspecified atom stereocenters. The van der Waals surface area contributed by atoms with Gasteiger partial charge in [0.2, 0.25) is 0 Å². The minimum Gasteiger partial charge on any atom is -0.338 e. The lowest BCUT2D eigenvalue weighted by molar-refractivity contribution is 0.0693. The Morgan fingerprint density at radius 1 is 1.45 bits per heavy atom. The standard InChI is InChI=1S/C13H17N5OS/c1-2-11-12(20-9-14-11)13(19)17-6-3-10(4-7-17)18-8-5-15-16-18/h5,8-10H,2-4,6-7H2,1H3. The van der Waals surface area contributed by atoms with Gasteiger partial charge in [-0.2, -0.15) is 0 Å². The fourth-order valence-electron chi connectivity index (χ4n) is 2.58. The largest absolute Gasteiger partial charge is 0.338 e. The average Bonchev–Trinajstić information content (AvgIpc) is 3.17. The maximum Gasteiger partial charge on any atom is 0.265 e. The van der Waals surface area contributed by atoms with Crippen molar-refractivity contribution in [3.05, 3.63) is 28.5 Å². The molecule has 0 bridgehead atoms. The molecule has 0 saturated carbocycles. The quantitative estimate of drug-likeness (QED) is 0.864. The summed E-state index contributed by atoms with van der Waals surface area (Å²) in [5.74, 6) is 0.126. The molecule has 2 aromatic heterocycles. The maximum atomic E-state index is 12.5. The number of amides is 1. The van der Waals surface area contributed by atoms with Crippen LogP contribution in [0.4, 0.5) is 0 Å². The van der Waals surface area contributed by atoms with E-state index in [-0.39, 0.29) is 5.91 Å². The third kappa shape index (κ3) is 2.45. The van der Waals surface area contributed by atoms with Crippen molar-refractivity contribution < 1.29 is 4.79 Å². The number of hydrogen-bond acceptors (Lipinski definition) is 5. The predicted molar refractivity (Wildman–Crippen MR) is 75.7 cm³/mol. The Morgan fingerprint density at radius 3 is 2.90 bits per heavy atom. The van der Waals surface area contributed by atoms with Crippen molar-refractivity contribution in [2.45, 2.75) is 32.2 Å². The van der Waals surface area contributed by atoms with Crippen molar-refractivity contribution in [1.29, 1.82) is 0 Å². The summed E-state index contributed by atoms with van der Waals surface area (Å²) in [5, 5.41) is 7.88. The molecule has 0 aliphatic carbocycles. The Balaban J connectivity index is 1.65. The molecule has 20 heavy (non-hydrogen) atoms. The molecule has 7 heteroatoms. The Kier molecular flexibility index (Phi) is 3.77. The summed E-state index contributed by atoms with van der Waals surface area (Å²) in [4.78, 5) is 19.5. The van der Waals surface area contributed by atoms with E-state index in [0.29, 0.717) is 6.04 Å². The zero-order chi connectivity index (χ0) is 13.9. The number of nitrogens with zero attached hydrogens (tertiary/aromatic N) is 5. The number of thiazole rings is 1. The monoisotopic (exact) mass is 291 g/mol. The highest BCUT2D eigenvalue weighted by Crippen LogP contribution is 2.24. The molecular formula is C13H17N5OS. The van der Waals surface area contributed by atoms with Gasteiger partial charge in [-0.05, 0) is 19.3 Å². The van der Waals surface area contributed by atoms with Crippen molar-refractivity contribution in [3.8, 4) is 0 Å². The van der Waals surface area contributed by atoms with Crippen LogP contribution in [0.3, 0.4) is 0 Å². The summed E-state index contributed by atoms with van der Waals surface area (Å²) >= 11 is 1.44. The van der Waals surface area contributed by atoms with E-state index in [9.17, 15) is 4.79 Å². The summed E-state index contributed by atoms with van der Waals surface area (Å²) in [5.41, 5.74) is 2.67. The van der Waals surface area contributed by atoms with Crippen LogP contribution >= 0.6 is 11.3 Å². The molecule has 0 atom stereocenters.